The normalized spacial score (nSPS) is 26.8. The van der Waals surface area contributed by atoms with Crippen LogP contribution in [0, 0.1) is 37.5 Å². The number of phenols is 1. The van der Waals surface area contributed by atoms with Crippen LogP contribution in [0.4, 0.5) is 11.4 Å². The number of nitrogens with one attached hydrogen (secondary N) is 1. The van der Waals surface area contributed by atoms with Crippen LogP contribution in [0.3, 0.4) is 0 Å². The number of carbonyl (C=O) groups is 4. The van der Waals surface area contributed by atoms with Crippen LogP contribution >= 0.6 is 0 Å². The van der Waals surface area contributed by atoms with E-state index in [4.69, 9.17) is 28.3 Å². The third-order valence-electron chi connectivity index (χ3n) is 15.5. The van der Waals surface area contributed by atoms with Crippen LogP contribution in [0.1, 0.15) is 80.3 Å². The third kappa shape index (κ3) is 10.1. The second-order valence-corrected chi connectivity index (χ2v) is 20.9. The minimum absolute atomic E-state index is 0.0311. The molecule has 6 aromatic rings. The van der Waals surface area contributed by atoms with Crippen LogP contribution in [0.2, 0.25) is 0 Å². The molecule has 18 nitrogen and oxygen atoms in total. The first-order chi connectivity index (χ1) is 37.1. The number of aromatic nitrogens is 2. The van der Waals surface area contributed by atoms with Gasteiger partial charge in [-0.25, -0.2) is 4.98 Å². The zero-order valence-corrected chi connectivity index (χ0v) is 45.3. The van der Waals surface area contributed by atoms with Crippen molar-refractivity contribution >= 4 is 67.9 Å². The summed E-state index contributed by atoms with van der Waals surface area (Å²) in [6, 6.07) is 16.7. The predicted molar refractivity (Wildman–Crippen MR) is 294 cm³/mol. The van der Waals surface area contributed by atoms with Crippen LogP contribution in [0.25, 0.3) is 44.2 Å². The molecule has 0 saturated carbocycles. The summed E-state index contributed by atoms with van der Waals surface area (Å²) in [7, 11) is 1.44. The monoisotopic (exact) mass is 1060 g/mol. The van der Waals surface area contributed by atoms with E-state index in [1.807, 2.05) is 49.4 Å². The van der Waals surface area contributed by atoms with Gasteiger partial charge in [0.05, 0.1) is 46.9 Å². The van der Waals surface area contributed by atoms with Gasteiger partial charge in [-0.15, -0.1) is 0 Å². The number of ether oxygens (including phenoxy) is 4. The number of aliphatic hydroxyl groups excluding tert-OH is 2. The molecule has 0 radical (unpaired) electrons. The van der Waals surface area contributed by atoms with Gasteiger partial charge in [-0.1, -0.05) is 64.1 Å². The smallest absolute Gasteiger partial charge is 0.312 e. The number of Topliss-reactive ketones (excluding diaryl/α,β-unsaturated/α-hetero) is 1. The molecule has 18 heteroatoms. The van der Waals surface area contributed by atoms with Gasteiger partial charge >= 0.3 is 11.8 Å². The van der Waals surface area contributed by atoms with Crippen LogP contribution < -0.4 is 20.4 Å². The van der Waals surface area contributed by atoms with Gasteiger partial charge in [-0.3, -0.25) is 29.0 Å². The number of aliphatic hydroxyl groups is 2. The second-order valence-electron chi connectivity index (χ2n) is 20.9. The van der Waals surface area contributed by atoms with E-state index >= 15 is 4.79 Å². The number of pyridine rings is 1. The van der Waals surface area contributed by atoms with Crippen molar-refractivity contribution in [3.05, 3.63) is 129 Å². The summed E-state index contributed by atoms with van der Waals surface area (Å²) in [6.45, 7) is 16.0. The summed E-state index contributed by atoms with van der Waals surface area (Å²) in [5.41, 5.74) is 2.94. The molecule has 2 aromatic heterocycles. The lowest BCUT2D eigenvalue weighted by Crippen LogP contribution is -2.48. The standard InChI is InChI=1S/C60H65N5O13/c1-30-27-41(64-22-24-65(25-23-64)59(73)39-18-14-17-38(29-39)40-19-11-12-21-61-40)47-43(28-30)77-56-48(62-47)44-45-52(69)36(7)55-46(44)57(71)60(9,78-55)75-26-20-42(74-10)33(4)54(76-37(8)66)35(6)51(68)34(5)50(67)31(2)15-13-16-32(3)58(72)63-49(56)53(45)70/h11-21,26-29,31,33-35,42,50-51,54,67-68,70H,22-25H2,1-10H3,(H,63,72)/b15-13+,26-20+,32-16-/t31-,33+,34+,35+,42-,50-,51+,54+,60-/m0/s1. The van der Waals surface area contributed by atoms with Crippen molar-refractivity contribution in [1.82, 2.24) is 14.9 Å². The number of amides is 2. The zero-order chi connectivity index (χ0) is 56.1. The molecule has 2 amide bonds. The Bertz CT molecular complexity index is 3530. The number of fused-ring (bicyclic) bond motifs is 2. The van der Waals surface area contributed by atoms with E-state index in [9.17, 15) is 34.5 Å². The molecule has 0 spiro atoms. The molecule has 78 heavy (non-hydrogen) atoms. The highest BCUT2D eigenvalue weighted by Crippen LogP contribution is 2.49. The minimum atomic E-state index is -2.10. The van der Waals surface area contributed by atoms with E-state index < -0.39 is 82.7 Å². The highest BCUT2D eigenvalue weighted by atomic mass is 16.7. The van der Waals surface area contributed by atoms with Gasteiger partial charge in [0.25, 0.3) is 17.6 Å². The molecule has 4 N–H and O–H groups in total. The number of aromatic hydroxyl groups is 1. The number of anilines is 2. The van der Waals surface area contributed by atoms with E-state index in [1.54, 1.807) is 63.1 Å². The number of carbonyl (C=O) groups excluding carboxylic acids is 4. The van der Waals surface area contributed by atoms with Crippen LogP contribution in [-0.4, -0.2) is 117 Å². The number of hydrogen-bond acceptors (Lipinski definition) is 16. The van der Waals surface area contributed by atoms with Crippen molar-refractivity contribution in [2.75, 3.05) is 43.5 Å². The first-order valence-corrected chi connectivity index (χ1v) is 26.1. The number of hydrogen-bond donors (Lipinski definition) is 4. The number of ketones is 1. The molecular weight excluding hydrogens is 999 g/mol. The summed E-state index contributed by atoms with van der Waals surface area (Å²) in [6.07, 6.45) is 5.22. The zero-order valence-electron chi connectivity index (χ0n) is 45.3. The van der Waals surface area contributed by atoms with Gasteiger partial charge in [0, 0.05) is 105 Å². The van der Waals surface area contributed by atoms with Crippen LogP contribution in [-0.2, 0) is 23.8 Å². The molecule has 0 aliphatic carbocycles. The molecular formula is C60H65N5O13. The average molecular weight is 1060 g/mol. The SMILES string of the molecule is CO[C@H]1/C=C/O[C@@]2(C)Oc3c(C)c(=O)c4c(O)c(c5oc6cc(C)cc(N7CCN(C(=O)c8cccc(-c9ccccn9)c8)CC7)c6nc5c4c3C2=O)NC(=O)/C(C)=C\C=C\[C@H](C)[C@H](O)[C@@H](C)[C@@H](O)[C@@H](C)[C@H](OC(C)=O)[C@@H]1C. The van der Waals surface area contributed by atoms with Crippen molar-refractivity contribution < 1.29 is 57.9 Å². The van der Waals surface area contributed by atoms with Gasteiger partial charge in [-0.05, 0) is 68.8 Å². The molecule has 1 fully saturated rings. The summed E-state index contributed by atoms with van der Waals surface area (Å²) in [5.74, 6) is -7.63. The summed E-state index contributed by atoms with van der Waals surface area (Å²) in [4.78, 5) is 84.1. The Morgan fingerprint density at radius 2 is 1.62 bits per heavy atom. The summed E-state index contributed by atoms with van der Waals surface area (Å²) < 4.78 is 30.9. The summed E-state index contributed by atoms with van der Waals surface area (Å²) in [5, 5.41) is 37.9. The lowest BCUT2D eigenvalue weighted by molar-refractivity contribution is -0.160. The largest absolute Gasteiger partial charge is 0.505 e. The van der Waals surface area contributed by atoms with E-state index in [1.165, 1.54) is 53.2 Å². The molecule has 3 aliphatic heterocycles. The maximum Gasteiger partial charge on any atom is 0.312 e. The van der Waals surface area contributed by atoms with E-state index in [-0.39, 0.29) is 61.5 Å². The fourth-order valence-electron chi connectivity index (χ4n) is 10.9. The first kappa shape index (κ1) is 54.8. The van der Waals surface area contributed by atoms with E-state index in [0.29, 0.717) is 42.9 Å². The van der Waals surface area contributed by atoms with Gasteiger partial charge < -0.3 is 53.8 Å². The lowest BCUT2D eigenvalue weighted by Gasteiger charge is -2.38. The van der Waals surface area contributed by atoms with Gasteiger partial charge in [-0.2, -0.15) is 0 Å². The number of methoxy groups -OCH3 is 1. The molecule has 3 aliphatic rings. The molecule has 1 saturated heterocycles. The number of aryl methyl sites for hydroxylation is 1. The molecule has 0 unspecified atom stereocenters. The highest BCUT2D eigenvalue weighted by molar-refractivity contribution is 6.26. The van der Waals surface area contributed by atoms with Crippen molar-refractivity contribution in [3.63, 3.8) is 0 Å². The number of nitrogens with zero attached hydrogens (tertiary/aromatic N) is 4. The third-order valence-corrected chi connectivity index (χ3v) is 15.5. The average Bonchev–Trinajstić information content (AvgIpc) is 3.74. The van der Waals surface area contributed by atoms with Gasteiger partial charge in [0.2, 0.25) is 0 Å². The maximum atomic E-state index is 15.1. The Labute approximate surface area is 451 Å². The van der Waals surface area contributed by atoms with Crippen LogP contribution in [0.5, 0.6) is 11.5 Å². The Kier molecular flexibility index (Phi) is 15.4. The molecule has 9 atom stereocenters. The number of rotatable bonds is 5. The van der Waals surface area contributed by atoms with Crippen molar-refractivity contribution in [3.8, 4) is 22.8 Å². The highest BCUT2D eigenvalue weighted by Gasteiger charge is 2.50. The van der Waals surface area contributed by atoms with E-state index in [2.05, 4.69) is 15.2 Å². The first-order valence-electron chi connectivity index (χ1n) is 26.1. The summed E-state index contributed by atoms with van der Waals surface area (Å²) >= 11 is 0. The number of esters is 1. The van der Waals surface area contributed by atoms with E-state index in [0.717, 1.165) is 16.8 Å². The predicted octanol–water partition coefficient (Wildman–Crippen LogP) is 8.33. The Morgan fingerprint density at radius 3 is 2.31 bits per heavy atom. The maximum absolute atomic E-state index is 15.1. The van der Waals surface area contributed by atoms with Gasteiger partial charge in [0.1, 0.15) is 28.6 Å². The molecule has 4 bridgehead atoms. The Morgan fingerprint density at radius 1 is 0.872 bits per heavy atom. The molecule has 5 heterocycles. The fraction of sp³-hybridized carbons (Fsp3) is 0.383. The Balaban J connectivity index is 1.17. The number of piperazine rings is 1. The van der Waals surface area contributed by atoms with Crippen molar-refractivity contribution in [1.29, 1.82) is 0 Å². The lowest BCUT2D eigenvalue weighted by atomic mass is 9.78. The fourth-order valence-corrected chi connectivity index (χ4v) is 10.9. The number of benzene rings is 4. The van der Waals surface area contributed by atoms with Crippen LogP contribution in [0.15, 0.2) is 106 Å². The topological polar surface area (TPSA) is 240 Å². The van der Waals surface area contributed by atoms with Gasteiger partial charge in [0.15, 0.2) is 22.3 Å². The van der Waals surface area contributed by atoms with Crippen molar-refractivity contribution in [2.45, 2.75) is 92.5 Å². The second kappa shape index (κ2) is 21.8. The molecule has 408 valence electrons. The number of phenolic OH excluding ortho intramolecular Hbond substituents is 1. The Hall–Kier alpha value is -7.93. The number of allylic oxidation sites excluding steroid dienone is 2. The van der Waals surface area contributed by atoms with Crippen molar-refractivity contribution in [2.24, 2.45) is 23.7 Å². The minimum Gasteiger partial charge on any atom is -0.505 e. The molecule has 9 rings (SSSR count). The molecule has 4 aromatic carbocycles. The quantitative estimate of drug-likeness (QED) is 0.0549.